The van der Waals surface area contributed by atoms with E-state index < -0.39 is 5.54 Å². The summed E-state index contributed by atoms with van der Waals surface area (Å²) >= 11 is 0. The predicted molar refractivity (Wildman–Crippen MR) is 99.6 cm³/mol. The van der Waals surface area contributed by atoms with Crippen LogP contribution in [0.3, 0.4) is 0 Å². The zero-order valence-corrected chi connectivity index (χ0v) is 16.3. The highest BCUT2D eigenvalue weighted by atomic mass is 16.6. The van der Waals surface area contributed by atoms with Crippen LogP contribution in [-0.4, -0.2) is 71.6 Å². The van der Waals surface area contributed by atoms with Gasteiger partial charge in [0.15, 0.2) is 5.76 Å². The first-order chi connectivity index (χ1) is 13.1. The molecule has 4 heterocycles. The van der Waals surface area contributed by atoms with E-state index in [1.165, 1.54) is 12.8 Å². The minimum Gasteiger partial charge on any atom is -0.456 e. The minimum absolute atomic E-state index is 0.0794. The first-order valence-corrected chi connectivity index (χ1v) is 10.1. The fourth-order valence-electron chi connectivity index (χ4n) is 4.58. The van der Waals surface area contributed by atoms with E-state index >= 15 is 0 Å². The molecule has 1 aromatic heterocycles. The molecule has 1 aromatic rings. The number of hydrogen-bond acceptors (Lipinski definition) is 5. The third-order valence-electron chi connectivity index (χ3n) is 6.30. The number of furan rings is 1. The molecule has 0 aromatic carbocycles. The number of carbonyl (C=O) groups excluding carboxylic acids is 2. The lowest BCUT2D eigenvalue weighted by Crippen LogP contribution is -2.62. The van der Waals surface area contributed by atoms with Gasteiger partial charge < -0.3 is 14.1 Å². The molecule has 0 bridgehead atoms. The Morgan fingerprint density at radius 2 is 1.96 bits per heavy atom. The molecule has 27 heavy (non-hydrogen) atoms. The molecule has 4 rings (SSSR count). The van der Waals surface area contributed by atoms with Crippen molar-refractivity contribution in [3.8, 4) is 0 Å². The van der Waals surface area contributed by atoms with Crippen LogP contribution in [0.15, 0.2) is 10.5 Å². The molecule has 3 aliphatic heterocycles. The Hall–Kier alpha value is -2.02. The monoisotopic (exact) mass is 375 g/mol. The highest BCUT2D eigenvalue weighted by Crippen LogP contribution is 2.32. The van der Waals surface area contributed by atoms with E-state index in [-0.39, 0.29) is 12.0 Å². The highest BCUT2D eigenvalue weighted by molar-refractivity contribution is 5.92. The fourth-order valence-corrected chi connectivity index (χ4v) is 4.58. The molecule has 0 aliphatic carbocycles. The van der Waals surface area contributed by atoms with E-state index in [9.17, 15) is 9.59 Å². The van der Waals surface area contributed by atoms with Crippen molar-refractivity contribution in [2.45, 2.75) is 51.6 Å². The molecule has 0 radical (unpaired) electrons. The lowest BCUT2D eigenvalue weighted by Gasteiger charge is -2.43. The maximum absolute atomic E-state index is 13.1. The van der Waals surface area contributed by atoms with Crippen molar-refractivity contribution < 1.29 is 18.7 Å². The van der Waals surface area contributed by atoms with Gasteiger partial charge in [-0.1, -0.05) is 13.8 Å². The number of aryl methyl sites for hydroxylation is 1. The molecule has 7 nitrogen and oxygen atoms in total. The summed E-state index contributed by atoms with van der Waals surface area (Å²) in [6.45, 7) is 9.07. The molecule has 3 fully saturated rings. The Balaban J connectivity index is 1.51. The summed E-state index contributed by atoms with van der Waals surface area (Å²) < 4.78 is 11.2. The SMILES string of the molecule is CCc1oc(C(=O)N2CCN3C(=O)OCC3(CC)C2)cc1CN1CCCC1. The number of fused-ring (bicyclic) bond motifs is 1. The number of nitrogens with zero attached hydrogens (tertiary/aromatic N) is 3. The average Bonchev–Trinajstić information content (AvgIpc) is 3.41. The Labute approximate surface area is 160 Å². The van der Waals surface area contributed by atoms with Crippen molar-refractivity contribution in [2.24, 2.45) is 0 Å². The van der Waals surface area contributed by atoms with Crippen molar-refractivity contribution in [1.29, 1.82) is 0 Å². The summed E-state index contributed by atoms with van der Waals surface area (Å²) in [5.74, 6) is 1.25. The normalized spacial score (nSPS) is 25.8. The van der Waals surface area contributed by atoms with Gasteiger partial charge in [-0.2, -0.15) is 0 Å². The number of carbonyl (C=O) groups is 2. The van der Waals surface area contributed by atoms with Crippen LogP contribution in [0, 0.1) is 0 Å². The number of hydrogen-bond donors (Lipinski definition) is 0. The quantitative estimate of drug-likeness (QED) is 0.791. The zero-order chi connectivity index (χ0) is 19.0. The largest absolute Gasteiger partial charge is 0.456 e. The lowest BCUT2D eigenvalue weighted by molar-refractivity contribution is 0.0338. The van der Waals surface area contributed by atoms with Crippen molar-refractivity contribution in [2.75, 3.05) is 39.3 Å². The molecule has 3 saturated heterocycles. The molecule has 1 unspecified atom stereocenters. The van der Waals surface area contributed by atoms with Crippen LogP contribution in [0.2, 0.25) is 0 Å². The van der Waals surface area contributed by atoms with E-state index in [1.807, 2.05) is 17.9 Å². The van der Waals surface area contributed by atoms with Crippen molar-refractivity contribution >= 4 is 12.0 Å². The van der Waals surface area contributed by atoms with Gasteiger partial charge in [0.25, 0.3) is 5.91 Å². The molecule has 0 spiro atoms. The van der Waals surface area contributed by atoms with Crippen LogP contribution in [0.25, 0.3) is 0 Å². The average molecular weight is 375 g/mol. The summed E-state index contributed by atoms with van der Waals surface area (Å²) in [5, 5.41) is 0. The van der Waals surface area contributed by atoms with Crippen LogP contribution in [0.1, 0.15) is 55.0 Å². The summed E-state index contributed by atoms with van der Waals surface area (Å²) in [6.07, 6.45) is 3.78. The first-order valence-electron chi connectivity index (χ1n) is 10.1. The molecule has 0 saturated carbocycles. The molecule has 7 heteroatoms. The van der Waals surface area contributed by atoms with Crippen LogP contribution < -0.4 is 0 Å². The van der Waals surface area contributed by atoms with Crippen LogP contribution in [-0.2, 0) is 17.7 Å². The smallest absolute Gasteiger partial charge is 0.410 e. The predicted octanol–water partition coefficient (Wildman–Crippen LogP) is 2.49. The third kappa shape index (κ3) is 3.22. The summed E-state index contributed by atoms with van der Waals surface area (Å²) in [7, 11) is 0. The van der Waals surface area contributed by atoms with Gasteiger partial charge in [-0.15, -0.1) is 0 Å². The summed E-state index contributed by atoms with van der Waals surface area (Å²) in [6, 6.07) is 1.93. The highest BCUT2D eigenvalue weighted by Gasteiger charge is 2.50. The van der Waals surface area contributed by atoms with Gasteiger partial charge in [-0.3, -0.25) is 14.6 Å². The molecular formula is C20H29N3O4. The van der Waals surface area contributed by atoms with Crippen molar-refractivity contribution in [3.05, 3.63) is 23.2 Å². The van der Waals surface area contributed by atoms with Crippen molar-refractivity contribution in [1.82, 2.24) is 14.7 Å². The molecule has 0 N–H and O–H groups in total. The number of likely N-dealkylation sites (tertiary alicyclic amines) is 1. The second kappa shape index (κ2) is 7.19. The van der Waals surface area contributed by atoms with Gasteiger partial charge in [0.05, 0.1) is 5.54 Å². The summed E-state index contributed by atoms with van der Waals surface area (Å²) in [4.78, 5) is 31.1. The van der Waals surface area contributed by atoms with Gasteiger partial charge >= 0.3 is 6.09 Å². The minimum atomic E-state index is -0.399. The Morgan fingerprint density at radius 3 is 2.67 bits per heavy atom. The second-order valence-corrected chi connectivity index (χ2v) is 7.91. The van der Waals surface area contributed by atoms with E-state index in [0.717, 1.165) is 43.8 Å². The number of piperazine rings is 1. The number of amides is 2. The maximum atomic E-state index is 13.1. The van der Waals surface area contributed by atoms with Crippen molar-refractivity contribution in [3.63, 3.8) is 0 Å². The summed E-state index contributed by atoms with van der Waals surface area (Å²) in [5.41, 5.74) is 0.731. The van der Waals surface area contributed by atoms with Gasteiger partial charge in [-0.25, -0.2) is 4.79 Å². The second-order valence-electron chi connectivity index (χ2n) is 7.91. The van der Waals surface area contributed by atoms with Gasteiger partial charge in [0.1, 0.15) is 12.4 Å². The first kappa shape index (κ1) is 18.3. The number of cyclic esters (lactones) is 1. The Morgan fingerprint density at radius 1 is 1.19 bits per heavy atom. The lowest BCUT2D eigenvalue weighted by atomic mass is 9.93. The molecular weight excluding hydrogens is 346 g/mol. The maximum Gasteiger partial charge on any atom is 0.410 e. The van der Waals surface area contributed by atoms with Crippen LogP contribution in [0.5, 0.6) is 0 Å². The Bertz CT molecular complexity index is 725. The fraction of sp³-hybridized carbons (Fsp3) is 0.700. The van der Waals surface area contributed by atoms with Crippen LogP contribution >= 0.6 is 0 Å². The zero-order valence-electron chi connectivity index (χ0n) is 16.3. The van der Waals surface area contributed by atoms with E-state index in [1.54, 1.807) is 4.90 Å². The van der Waals surface area contributed by atoms with Crippen LogP contribution in [0.4, 0.5) is 4.79 Å². The number of rotatable bonds is 5. The molecule has 3 aliphatic rings. The van der Waals surface area contributed by atoms with E-state index in [2.05, 4.69) is 11.8 Å². The molecule has 1 atom stereocenters. The van der Waals surface area contributed by atoms with E-state index in [4.69, 9.17) is 9.15 Å². The number of ether oxygens (including phenoxy) is 1. The standard InChI is InChI=1S/C20H29N3O4/c1-3-16-15(12-21-7-5-6-8-21)11-17(27-16)18(24)22-9-10-23-19(25)26-14-20(23,4-2)13-22/h11H,3-10,12-14H2,1-2H3. The van der Waals surface area contributed by atoms with E-state index in [0.29, 0.717) is 32.0 Å². The Kier molecular flexibility index (Phi) is 4.88. The van der Waals surface area contributed by atoms with Gasteiger partial charge in [0.2, 0.25) is 0 Å². The van der Waals surface area contributed by atoms with Gasteiger partial charge in [-0.05, 0) is 38.4 Å². The molecule has 148 valence electrons. The van der Waals surface area contributed by atoms with Gasteiger partial charge in [0, 0.05) is 38.2 Å². The topological polar surface area (TPSA) is 66.2 Å². The molecule has 2 amide bonds. The third-order valence-corrected chi connectivity index (χ3v) is 6.30.